The summed E-state index contributed by atoms with van der Waals surface area (Å²) in [5.41, 5.74) is 2.59. The highest BCUT2D eigenvalue weighted by atomic mass is 16.6. The topological polar surface area (TPSA) is 35.5 Å². The second-order valence-corrected chi connectivity index (χ2v) is 11.2. The Hall–Kier alpha value is -2.33. The minimum Gasteiger partial charge on any atom is -0.487 e. The number of quaternary nitrogens is 1. The van der Waals surface area contributed by atoms with Gasteiger partial charge in [-0.05, 0) is 43.9 Å². The Labute approximate surface area is 227 Å². The van der Waals surface area contributed by atoms with Gasteiger partial charge in [0.1, 0.15) is 25.0 Å². The maximum atomic E-state index is 13.1. The molecule has 2 atom stereocenters. The number of nitrogens with zero attached hydrogens (tertiary/aromatic N) is 1. The standard InChI is InChI=1S/C33H52NO3/c1-6-8-9-10-11-12-13-15-19-29-22-24-31(25-23-29)37-28(3)27-36-33(35)32(18-7-2)34(4,5)26-30-20-16-14-17-21-30/h14,16-17,20-25,28,32H,6-13,15,18-19,26-27H2,1-5H3/q+1. The molecule has 0 radical (unpaired) electrons. The van der Waals surface area contributed by atoms with Gasteiger partial charge >= 0.3 is 5.97 Å². The first kappa shape index (κ1) is 30.9. The predicted octanol–water partition coefficient (Wildman–Crippen LogP) is 8.13. The summed E-state index contributed by atoms with van der Waals surface area (Å²) in [6, 6.07) is 18.6. The van der Waals surface area contributed by atoms with Gasteiger partial charge in [-0.15, -0.1) is 0 Å². The first-order chi connectivity index (χ1) is 17.9. The summed E-state index contributed by atoms with van der Waals surface area (Å²) in [6.07, 6.45) is 13.4. The van der Waals surface area contributed by atoms with Crippen LogP contribution in [0.3, 0.4) is 0 Å². The average Bonchev–Trinajstić information content (AvgIpc) is 2.88. The van der Waals surface area contributed by atoms with Crippen LogP contribution in [0.5, 0.6) is 5.75 Å². The summed E-state index contributed by atoms with van der Waals surface area (Å²) in [6.45, 7) is 7.39. The van der Waals surface area contributed by atoms with Crippen LogP contribution in [0.15, 0.2) is 54.6 Å². The van der Waals surface area contributed by atoms with Gasteiger partial charge in [-0.3, -0.25) is 0 Å². The Morgan fingerprint density at radius 2 is 1.41 bits per heavy atom. The van der Waals surface area contributed by atoms with E-state index in [-0.39, 0.29) is 24.7 Å². The van der Waals surface area contributed by atoms with Gasteiger partial charge in [-0.2, -0.15) is 0 Å². The fraction of sp³-hybridized carbons (Fsp3) is 0.606. The maximum Gasteiger partial charge on any atom is 0.365 e. The Morgan fingerprint density at radius 3 is 2.03 bits per heavy atom. The molecule has 2 rings (SSSR count). The Bertz CT molecular complexity index is 863. The Morgan fingerprint density at radius 1 is 0.784 bits per heavy atom. The van der Waals surface area contributed by atoms with Crippen molar-refractivity contribution in [2.45, 2.75) is 110 Å². The number of hydrogen-bond donors (Lipinski definition) is 0. The molecule has 0 amide bonds. The van der Waals surface area contributed by atoms with E-state index >= 15 is 0 Å². The van der Waals surface area contributed by atoms with Crippen LogP contribution in [0.4, 0.5) is 0 Å². The average molecular weight is 511 g/mol. The predicted molar refractivity (Wildman–Crippen MR) is 155 cm³/mol. The molecule has 206 valence electrons. The summed E-state index contributed by atoms with van der Waals surface area (Å²) in [5.74, 6) is 0.687. The first-order valence-electron chi connectivity index (χ1n) is 14.6. The molecule has 0 aliphatic heterocycles. The largest absolute Gasteiger partial charge is 0.487 e. The van der Waals surface area contributed by atoms with E-state index < -0.39 is 0 Å². The molecule has 0 N–H and O–H groups in total. The van der Waals surface area contributed by atoms with E-state index in [4.69, 9.17) is 9.47 Å². The van der Waals surface area contributed by atoms with Crippen LogP contribution < -0.4 is 4.74 Å². The van der Waals surface area contributed by atoms with E-state index in [2.05, 4.69) is 52.2 Å². The fourth-order valence-corrected chi connectivity index (χ4v) is 4.95. The van der Waals surface area contributed by atoms with Gasteiger partial charge < -0.3 is 14.0 Å². The molecule has 0 aliphatic carbocycles. The molecule has 0 saturated carbocycles. The lowest BCUT2D eigenvalue weighted by atomic mass is 10.0. The van der Waals surface area contributed by atoms with E-state index in [0.29, 0.717) is 4.48 Å². The smallest absolute Gasteiger partial charge is 0.365 e. The molecule has 0 aromatic heterocycles. The van der Waals surface area contributed by atoms with Gasteiger partial charge in [0.2, 0.25) is 0 Å². The molecule has 4 nitrogen and oxygen atoms in total. The molecule has 2 unspecified atom stereocenters. The number of ether oxygens (including phenoxy) is 2. The number of unbranched alkanes of at least 4 members (excludes halogenated alkanes) is 7. The quantitative estimate of drug-likeness (QED) is 0.109. The number of benzene rings is 2. The van der Waals surface area contributed by atoms with Gasteiger partial charge in [-0.1, -0.05) is 101 Å². The Kier molecular flexibility index (Phi) is 14.4. The number of carbonyl (C=O) groups is 1. The molecule has 0 heterocycles. The van der Waals surface area contributed by atoms with Crippen LogP contribution >= 0.6 is 0 Å². The van der Waals surface area contributed by atoms with Crippen molar-refractivity contribution in [1.29, 1.82) is 0 Å². The molecule has 0 bridgehead atoms. The number of rotatable bonds is 19. The lowest BCUT2D eigenvalue weighted by Gasteiger charge is -2.36. The molecule has 0 fully saturated rings. The highest BCUT2D eigenvalue weighted by Gasteiger charge is 2.36. The van der Waals surface area contributed by atoms with Gasteiger partial charge in [0, 0.05) is 12.0 Å². The van der Waals surface area contributed by atoms with E-state index in [1.54, 1.807) is 0 Å². The third kappa shape index (κ3) is 12.2. The molecule has 37 heavy (non-hydrogen) atoms. The van der Waals surface area contributed by atoms with E-state index in [1.807, 2.05) is 37.3 Å². The zero-order valence-corrected chi connectivity index (χ0v) is 24.2. The number of hydrogen-bond acceptors (Lipinski definition) is 3. The van der Waals surface area contributed by atoms with Crippen molar-refractivity contribution in [1.82, 2.24) is 0 Å². The fourth-order valence-electron chi connectivity index (χ4n) is 4.95. The first-order valence-corrected chi connectivity index (χ1v) is 14.6. The molecule has 0 spiro atoms. The molecule has 4 heteroatoms. The van der Waals surface area contributed by atoms with Crippen molar-refractivity contribution in [2.75, 3.05) is 20.7 Å². The van der Waals surface area contributed by atoms with Gasteiger partial charge in [-0.25, -0.2) is 4.79 Å². The molecule has 0 aliphatic rings. The highest BCUT2D eigenvalue weighted by molar-refractivity contribution is 5.74. The SMILES string of the molecule is CCCCCCCCCCc1ccc(OC(C)COC(=O)C(CCC)[N+](C)(C)Cc2ccccc2)cc1. The van der Waals surface area contributed by atoms with Crippen LogP contribution in [0, 0.1) is 0 Å². The van der Waals surface area contributed by atoms with Crippen molar-refractivity contribution in [3.63, 3.8) is 0 Å². The van der Waals surface area contributed by atoms with Crippen LogP contribution in [-0.2, 0) is 22.5 Å². The van der Waals surface area contributed by atoms with Crippen molar-refractivity contribution >= 4 is 5.97 Å². The molecule has 2 aromatic rings. The zero-order valence-electron chi connectivity index (χ0n) is 24.2. The third-order valence-electron chi connectivity index (χ3n) is 7.15. The molecule has 0 saturated heterocycles. The molecular formula is C33H52NO3+. The van der Waals surface area contributed by atoms with E-state index in [9.17, 15) is 4.79 Å². The Balaban J connectivity index is 1.74. The maximum absolute atomic E-state index is 13.1. The second kappa shape index (κ2) is 17.2. The van der Waals surface area contributed by atoms with Crippen LogP contribution in [0.1, 0.15) is 96.1 Å². The lowest BCUT2D eigenvalue weighted by Crippen LogP contribution is -2.53. The number of esters is 1. The summed E-state index contributed by atoms with van der Waals surface area (Å²) >= 11 is 0. The van der Waals surface area contributed by atoms with Crippen molar-refractivity contribution in [2.24, 2.45) is 0 Å². The van der Waals surface area contributed by atoms with Crippen molar-refractivity contribution < 1.29 is 18.8 Å². The van der Waals surface area contributed by atoms with Gasteiger partial charge in [0.05, 0.1) is 14.1 Å². The summed E-state index contributed by atoms with van der Waals surface area (Å²) < 4.78 is 12.4. The van der Waals surface area contributed by atoms with Crippen molar-refractivity contribution in [3.8, 4) is 5.75 Å². The minimum absolute atomic E-state index is 0.140. The summed E-state index contributed by atoms with van der Waals surface area (Å²) in [4.78, 5) is 13.1. The monoisotopic (exact) mass is 510 g/mol. The third-order valence-corrected chi connectivity index (χ3v) is 7.15. The summed E-state index contributed by atoms with van der Waals surface area (Å²) in [7, 11) is 4.23. The number of aryl methyl sites for hydroxylation is 1. The second-order valence-electron chi connectivity index (χ2n) is 11.2. The minimum atomic E-state index is -0.201. The molecular weight excluding hydrogens is 458 g/mol. The zero-order chi connectivity index (χ0) is 26.9. The summed E-state index contributed by atoms with van der Waals surface area (Å²) in [5, 5.41) is 0. The highest BCUT2D eigenvalue weighted by Crippen LogP contribution is 2.20. The van der Waals surface area contributed by atoms with Crippen LogP contribution in [-0.4, -0.2) is 43.3 Å². The van der Waals surface area contributed by atoms with E-state index in [0.717, 1.165) is 31.6 Å². The van der Waals surface area contributed by atoms with Gasteiger partial charge in [0.15, 0.2) is 6.04 Å². The lowest BCUT2D eigenvalue weighted by molar-refractivity contribution is -0.920. The normalized spacial score (nSPS) is 13.2. The molecule has 2 aromatic carbocycles. The number of carbonyl (C=O) groups excluding carboxylic acids is 1. The van der Waals surface area contributed by atoms with Crippen LogP contribution in [0.25, 0.3) is 0 Å². The van der Waals surface area contributed by atoms with Gasteiger partial charge in [0.25, 0.3) is 0 Å². The van der Waals surface area contributed by atoms with Crippen LogP contribution in [0.2, 0.25) is 0 Å². The number of likely N-dealkylation sites (N-methyl/N-ethyl adjacent to an activating group) is 1. The van der Waals surface area contributed by atoms with Crippen molar-refractivity contribution in [3.05, 3.63) is 65.7 Å². The van der Waals surface area contributed by atoms with E-state index in [1.165, 1.54) is 62.5 Å².